The lowest BCUT2D eigenvalue weighted by atomic mass is 9.81. The normalized spacial score (nSPS) is 29.2. The molecule has 0 aromatic heterocycles. The van der Waals surface area contributed by atoms with Gasteiger partial charge in [-0.05, 0) is 24.1 Å². The van der Waals surface area contributed by atoms with Gasteiger partial charge in [-0.15, -0.1) is 6.58 Å². The first-order chi connectivity index (χ1) is 8.60. The van der Waals surface area contributed by atoms with E-state index >= 15 is 0 Å². The van der Waals surface area contributed by atoms with E-state index < -0.39 is 11.5 Å². The Labute approximate surface area is 106 Å². The van der Waals surface area contributed by atoms with Crippen molar-refractivity contribution in [3.63, 3.8) is 0 Å². The lowest BCUT2D eigenvalue weighted by Gasteiger charge is -2.37. The summed E-state index contributed by atoms with van der Waals surface area (Å²) in [7, 11) is 0. The third-order valence-electron chi connectivity index (χ3n) is 3.94. The van der Waals surface area contributed by atoms with Gasteiger partial charge >= 0.3 is 0 Å². The predicted molar refractivity (Wildman–Crippen MR) is 71.1 cm³/mol. The molecule has 1 aromatic rings. The smallest absolute Gasteiger partial charge is 0.240 e. The van der Waals surface area contributed by atoms with Crippen molar-refractivity contribution < 1.29 is 4.79 Å². The van der Waals surface area contributed by atoms with Crippen LogP contribution in [0.3, 0.4) is 0 Å². The van der Waals surface area contributed by atoms with E-state index in [1.165, 1.54) is 0 Å². The Kier molecular flexibility index (Phi) is 2.08. The summed E-state index contributed by atoms with van der Waals surface area (Å²) in [5, 5.41) is 8.32. The second-order valence-corrected chi connectivity index (χ2v) is 4.81. The molecule has 0 spiro atoms. The van der Waals surface area contributed by atoms with Gasteiger partial charge in [0.05, 0.1) is 11.6 Å². The minimum atomic E-state index is -0.665. The van der Waals surface area contributed by atoms with Crippen molar-refractivity contribution in [1.82, 2.24) is 4.90 Å². The molecule has 2 aliphatic rings. The Morgan fingerprint density at radius 1 is 1.44 bits per heavy atom. The topological polar surface area (TPSA) is 44.2 Å². The van der Waals surface area contributed by atoms with Crippen molar-refractivity contribution in [1.29, 1.82) is 5.41 Å². The number of rotatable bonds is 1. The highest BCUT2D eigenvalue weighted by Gasteiger charge is 2.53. The van der Waals surface area contributed by atoms with Gasteiger partial charge in [-0.25, -0.2) is 0 Å². The largest absolute Gasteiger partial charge is 0.306 e. The van der Waals surface area contributed by atoms with E-state index in [4.69, 9.17) is 5.41 Å². The third kappa shape index (κ3) is 1.09. The van der Waals surface area contributed by atoms with Crippen LogP contribution in [-0.4, -0.2) is 16.5 Å². The zero-order valence-electron chi connectivity index (χ0n) is 10.2. The van der Waals surface area contributed by atoms with E-state index in [9.17, 15) is 4.79 Å². The molecule has 3 nitrogen and oxygen atoms in total. The van der Waals surface area contributed by atoms with Gasteiger partial charge in [0, 0.05) is 6.20 Å². The van der Waals surface area contributed by atoms with Crippen LogP contribution in [0.1, 0.15) is 18.1 Å². The Morgan fingerprint density at radius 2 is 2.17 bits per heavy atom. The molecular weight excluding hydrogens is 224 g/mol. The highest BCUT2D eigenvalue weighted by atomic mass is 16.2. The molecule has 3 heteroatoms. The molecule has 0 bridgehead atoms. The Bertz CT molecular complexity index is 602. The van der Waals surface area contributed by atoms with Gasteiger partial charge in [0.1, 0.15) is 5.54 Å². The Hall–Kier alpha value is -2.16. The predicted octanol–water partition coefficient (Wildman–Crippen LogP) is 2.55. The van der Waals surface area contributed by atoms with Crippen LogP contribution < -0.4 is 0 Å². The average molecular weight is 238 g/mol. The first-order valence-corrected chi connectivity index (χ1v) is 5.93. The number of carbonyl (C=O) groups excluding carboxylic acids is 1. The van der Waals surface area contributed by atoms with Crippen molar-refractivity contribution in [2.45, 2.75) is 12.5 Å². The van der Waals surface area contributed by atoms with Crippen LogP contribution in [0.4, 0.5) is 0 Å². The summed E-state index contributed by atoms with van der Waals surface area (Å²) in [6.07, 6.45) is 5.27. The summed E-state index contributed by atoms with van der Waals surface area (Å²) >= 11 is 0. The molecule has 3 rings (SSSR count). The van der Waals surface area contributed by atoms with Crippen LogP contribution >= 0.6 is 0 Å². The molecule has 0 radical (unpaired) electrons. The van der Waals surface area contributed by atoms with Crippen molar-refractivity contribution in [2.75, 3.05) is 0 Å². The quantitative estimate of drug-likeness (QED) is 0.751. The molecule has 2 heterocycles. The van der Waals surface area contributed by atoms with Crippen LogP contribution in [0.2, 0.25) is 0 Å². The minimum absolute atomic E-state index is 0.0664. The average Bonchev–Trinajstić information content (AvgIpc) is 2.58. The number of benzene rings is 1. The van der Waals surface area contributed by atoms with E-state index in [0.29, 0.717) is 5.71 Å². The second-order valence-electron chi connectivity index (χ2n) is 4.81. The van der Waals surface area contributed by atoms with Gasteiger partial charge in [0.15, 0.2) is 0 Å². The standard InChI is InChI=1S/C15H14N2O/c1-3-11-13(16)15(2)12-7-5-4-6-10(12)8-9-17(15)14(11)18/h3-9,11,16H,1H2,2H3. The maximum atomic E-state index is 12.3. The highest BCUT2D eigenvalue weighted by Crippen LogP contribution is 2.44. The summed E-state index contributed by atoms with van der Waals surface area (Å²) in [5.41, 5.74) is 1.81. The summed E-state index contributed by atoms with van der Waals surface area (Å²) in [6, 6.07) is 7.90. The molecule has 0 aliphatic carbocycles. The molecule has 18 heavy (non-hydrogen) atoms. The van der Waals surface area contributed by atoms with Gasteiger partial charge in [0.2, 0.25) is 5.91 Å². The van der Waals surface area contributed by atoms with Crippen molar-refractivity contribution in [2.24, 2.45) is 5.92 Å². The van der Waals surface area contributed by atoms with Crippen molar-refractivity contribution in [3.05, 3.63) is 54.2 Å². The summed E-state index contributed by atoms with van der Waals surface area (Å²) < 4.78 is 0. The van der Waals surface area contributed by atoms with Crippen LogP contribution in [0.15, 0.2) is 43.1 Å². The number of fused-ring (bicyclic) bond motifs is 3. The fraction of sp³-hybridized carbons (Fsp3) is 0.200. The number of amides is 1. The highest BCUT2D eigenvalue weighted by molar-refractivity contribution is 6.16. The first kappa shape index (κ1) is 11.0. The zero-order chi connectivity index (χ0) is 12.9. The number of nitrogens with one attached hydrogen (secondary N) is 1. The maximum absolute atomic E-state index is 12.3. The molecule has 1 amide bonds. The zero-order valence-corrected chi connectivity index (χ0v) is 10.2. The fourth-order valence-electron chi connectivity index (χ4n) is 2.88. The van der Waals surface area contributed by atoms with E-state index in [-0.39, 0.29) is 5.91 Å². The Morgan fingerprint density at radius 3 is 2.89 bits per heavy atom. The summed E-state index contributed by atoms with van der Waals surface area (Å²) in [6.45, 7) is 5.61. The van der Waals surface area contributed by atoms with Gasteiger partial charge in [-0.1, -0.05) is 30.3 Å². The van der Waals surface area contributed by atoms with Crippen LogP contribution in [0.5, 0.6) is 0 Å². The molecule has 1 N–H and O–H groups in total. The lowest BCUT2D eigenvalue weighted by molar-refractivity contribution is -0.129. The summed E-state index contributed by atoms with van der Waals surface area (Å²) in [4.78, 5) is 13.9. The minimum Gasteiger partial charge on any atom is -0.306 e. The number of hydrogen-bond acceptors (Lipinski definition) is 2. The molecule has 2 unspecified atom stereocenters. The van der Waals surface area contributed by atoms with E-state index in [1.807, 2.05) is 37.3 Å². The van der Waals surface area contributed by atoms with Crippen LogP contribution in [-0.2, 0) is 10.3 Å². The monoisotopic (exact) mass is 238 g/mol. The molecule has 90 valence electrons. The molecule has 1 aromatic carbocycles. The molecular formula is C15H14N2O. The van der Waals surface area contributed by atoms with Gasteiger partial charge in [0.25, 0.3) is 0 Å². The SMILES string of the molecule is C=CC1C(=N)C2(C)c3ccccc3C=CN2C1=O. The first-order valence-electron chi connectivity index (χ1n) is 5.93. The lowest BCUT2D eigenvalue weighted by Crippen LogP contribution is -2.43. The second kappa shape index (κ2) is 3.42. The molecule has 1 saturated heterocycles. The molecule has 0 saturated carbocycles. The van der Waals surface area contributed by atoms with Gasteiger partial charge < -0.3 is 10.3 Å². The maximum Gasteiger partial charge on any atom is 0.240 e. The number of carbonyl (C=O) groups is 1. The number of hydrogen-bond donors (Lipinski definition) is 1. The third-order valence-corrected chi connectivity index (χ3v) is 3.94. The van der Waals surface area contributed by atoms with Crippen molar-refractivity contribution >= 4 is 17.7 Å². The van der Waals surface area contributed by atoms with E-state index in [2.05, 4.69) is 6.58 Å². The molecule has 2 atom stereocenters. The van der Waals surface area contributed by atoms with Crippen LogP contribution in [0, 0.1) is 11.3 Å². The number of nitrogens with zero attached hydrogens (tertiary/aromatic N) is 1. The van der Waals surface area contributed by atoms with Gasteiger partial charge in [-0.2, -0.15) is 0 Å². The summed E-state index contributed by atoms with van der Waals surface area (Å²) in [5.74, 6) is -0.575. The fourth-order valence-corrected chi connectivity index (χ4v) is 2.88. The van der Waals surface area contributed by atoms with E-state index in [1.54, 1.807) is 17.2 Å². The molecule has 1 fully saturated rings. The van der Waals surface area contributed by atoms with Gasteiger partial charge in [-0.3, -0.25) is 4.79 Å². The van der Waals surface area contributed by atoms with Crippen LogP contribution in [0.25, 0.3) is 6.08 Å². The molecule has 2 aliphatic heterocycles. The van der Waals surface area contributed by atoms with Crippen molar-refractivity contribution in [3.8, 4) is 0 Å². The van der Waals surface area contributed by atoms with E-state index in [0.717, 1.165) is 11.1 Å². The Balaban J connectivity index is 2.27.